The molecule has 0 aliphatic carbocycles. The van der Waals surface area contributed by atoms with E-state index in [1.54, 1.807) is 0 Å². The van der Waals surface area contributed by atoms with E-state index in [1.165, 1.54) is 37.3 Å². The minimum absolute atomic E-state index is 0.321. The van der Waals surface area contributed by atoms with E-state index in [-0.39, 0.29) is 0 Å². The number of nitrogens with one attached hydrogen (secondary N) is 2. The third kappa shape index (κ3) is 4.36. The van der Waals surface area contributed by atoms with Crippen LogP contribution in [0.3, 0.4) is 0 Å². The lowest BCUT2D eigenvalue weighted by Gasteiger charge is -2.17. The van der Waals surface area contributed by atoms with E-state index in [1.807, 2.05) is 0 Å². The number of benzene rings is 1. The Morgan fingerprint density at radius 2 is 1.84 bits per heavy atom. The van der Waals surface area contributed by atoms with Crippen molar-refractivity contribution in [2.45, 2.75) is 32.7 Å². The Bertz CT molecular complexity index is 1020. The number of rotatable bonds is 8. The van der Waals surface area contributed by atoms with Crippen molar-refractivity contribution in [1.29, 1.82) is 0 Å². The van der Waals surface area contributed by atoms with E-state index in [2.05, 4.69) is 61.6 Å². The standard InChI is InChI=1S/C23H31N7O/c1-2-3-8-31-23-26-20-19(28-29-21(20)22(24)27-23)9-15-4-6-16(7-5-15)12-30-13-17-10-25-11-18(17)14-30/h4-7,17-18,25H,2-3,8-14H2,1H3,(H,28,29)(H2,24,26,27). The highest BCUT2D eigenvalue weighted by Gasteiger charge is 2.35. The number of likely N-dealkylation sites (tertiary alicyclic amines) is 1. The topological polar surface area (TPSA) is 105 Å². The van der Waals surface area contributed by atoms with Crippen LogP contribution in [0.5, 0.6) is 6.01 Å². The van der Waals surface area contributed by atoms with Gasteiger partial charge in [0.1, 0.15) is 11.0 Å². The number of unbranched alkanes of at least 4 members (excludes halogenated alkanes) is 1. The van der Waals surface area contributed by atoms with Gasteiger partial charge in [-0.1, -0.05) is 37.6 Å². The van der Waals surface area contributed by atoms with Crippen molar-refractivity contribution in [3.8, 4) is 6.01 Å². The van der Waals surface area contributed by atoms with E-state index < -0.39 is 0 Å². The van der Waals surface area contributed by atoms with Gasteiger partial charge < -0.3 is 15.8 Å². The maximum atomic E-state index is 6.09. The second-order valence-electron chi connectivity index (χ2n) is 8.85. The Labute approximate surface area is 182 Å². The smallest absolute Gasteiger partial charge is 0.319 e. The third-order valence-corrected chi connectivity index (χ3v) is 6.49. The fraction of sp³-hybridized carbons (Fsp3) is 0.522. The summed E-state index contributed by atoms with van der Waals surface area (Å²) < 4.78 is 5.66. The summed E-state index contributed by atoms with van der Waals surface area (Å²) >= 11 is 0. The molecular weight excluding hydrogens is 390 g/mol. The SMILES string of the molecule is CCCCOc1nc(N)c2[nH]nc(Cc3ccc(CN4CC5CNCC5C4)cc3)c2n1. The molecule has 5 rings (SSSR count). The average molecular weight is 422 g/mol. The zero-order chi connectivity index (χ0) is 21.2. The Balaban J connectivity index is 1.26. The van der Waals surface area contributed by atoms with E-state index >= 15 is 0 Å². The third-order valence-electron chi connectivity index (χ3n) is 6.49. The number of fused-ring (bicyclic) bond motifs is 2. The van der Waals surface area contributed by atoms with E-state index in [4.69, 9.17) is 10.5 Å². The second kappa shape index (κ2) is 8.80. The van der Waals surface area contributed by atoms with Gasteiger partial charge in [0.2, 0.25) is 0 Å². The van der Waals surface area contributed by atoms with Gasteiger partial charge in [0.25, 0.3) is 0 Å². The molecule has 2 aromatic heterocycles. The normalized spacial score (nSPS) is 21.1. The number of nitrogen functional groups attached to an aromatic ring is 1. The molecule has 2 atom stereocenters. The molecule has 8 heteroatoms. The van der Waals surface area contributed by atoms with Gasteiger partial charge in [-0.3, -0.25) is 10.00 Å². The van der Waals surface area contributed by atoms with Crippen molar-refractivity contribution in [2.24, 2.45) is 11.8 Å². The number of nitrogens with zero attached hydrogens (tertiary/aromatic N) is 4. The molecule has 2 aliphatic heterocycles. The van der Waals surface area contributed by atoms with Crippen molar-refractivity contribution in [3.63, 3.8) is 0 Å². The van der Waals surface area contributed by atoms with Gasteiger partial charge in [0.15, 0.2) is 5.82 Å². The molecule has 2 aliphatic rings. The molecule has 0 radical (unpaired) electrons. The van der Waals surface area contributed by atoms with Gasteiger partial charge in [-0.2, -0.15) is 15.1 Å². The molecular formula is C23H31N7O. The monoisotopic (exact) mass is 421 g/mol. The molecule has 4 heterocycles. The number of hydrogen-bond acceptors (Lipinski definition) is 7. The van der Waals surface area contributed by atoms with Crippen LogP contribution in [0.25, 0.3) is 11.0 Å². The largest absolute Gasteiger partial charge is 0.463 e. The van der Waals surface area contributed by atoms with Gasteiger partial charge in [-0.05, 0) is 42.5 Å². The maximum absolute atomic E-state index is 6.09. The minimum Gasteiger partial charge on any atom is -0.463 e. The molecule has 0 bridgehead atoms. The fourth-order valence-electron chi connectivity index (χ4n) is 4.74. The molecule has 164 valence electrons. The Hall–Kier alpha value is -2.71. The van der Waals surface area contributed by atoms with Crippen LogP contribution in [-0.2, 0) is 13.0 Å². The highest BCUT2D eigenvalue weighted by Crippen LogP contribution is 2.28. The summed E-state index contributed by atoms with van der Waals surface area (Å²) in [7, 11) is 0. The Morgan fingerprint density at radius 1 is 1.10 bits per heavy atom. The zero-order valence-electron chi connectivity index (χ0n) is 18.1. The molecule has 0 saturated carbocycles. The highest BCUT2D eigenvalue weighted by atomic mass is 16.5. The molecule has 2 unspecified atom stereocenters. The number of aromatic amines is 1. The zero-order valence-corrected chi connectivity index (χ0v) is 18.1. The minimum atomic E-state index is 0.321. The number of anilines is 1. The van der Waals surface area contributed by atoms with Crippen LogP contribution < -0.4 is 15.8 Å². The van der Waals surface area contributed by atoms with Crippen LogP contribution in [0.1, 0.15) is 36.6 Å². The molecule has 3 aromatic rings. The summed E-state index contributed by atoms with van der Waals surface area (Å²) in [5, 5.41) is 10.9. The molecule has 0 spiro atoms. The van der Waals surface area contributed by atoms with Crippen LogP contribution >= 0.6 is 0 Å². The van der Waals surface area contributed by atoms with E-state index in [0.717, 1.165) is 42.4 Å². The van der Waals surface area contributed by atoms with Gasteiger partial charge >= 0.3 is 6.01 Å². The summed E-state index contributed by atoms with van der Waals surface area (Å²) in [5.41, 5.74) is 10.9. The average Bonchev–Trinajstić information content (AvgIpc) is 3.46. The lowest BCUT2D eigenvalue weighted by atomic mass is 10.0. The predicted octanol–water partition coefficient (Wildman–Crippen LogP) is 2.36. The predicted molar refractivity (Wildman–Crippen MR) is 121 cm³/mol. The summed E-state index contributed by atoms with van der Waals surface area (Å²) in [5.74, 6) is 2.03. The van der Waals surface area contributed by atoms with Crippen LogP contribution in [0, 0.1) is 11.8 Å². The Morgan fingerprint density at radius 3 is 2.58 bits per heavy atom. The summed E-state index contributed by atoms with van der Waals surface area (Å²) in [6, 6.07) is 9.18. The molecule has 0 amide bonds. The molecule has 2 fully saturated rings. The van der Waals surface area contributed by atoms with Crippen LogP contribution in [0.4, 0.5) is 5.82 Å². The molecule has 31 heavy (non-hydrogen) atoms. The molecule has 1 aromatic carbocycles. The molecule has 2 saturated heterocycles. The van der Waals surface area contributed by atoms with Crippen molar-refractivity contribution < 1.29 is 4.74 Å². The van der Waals surface area contributed by atoms with E-state index in [9.17, 15) is 0 Å². The lowest BCUT2D eigenvalue weighted by molar-refractivity contribution is 0.287. The quantitative estimate of drug-likeness (QED) is 0.480. The molecule has 4 N–H and O–H groups in total. The van der Waals surface area contributed by atoms with Crippen molar-refractivity contribution >= 4 is 16.9 Å². The first kappa shape index (κ1) is 20.2. The number of nitrogens with two attached hydrogens (primary N) is 1. The maximum Gasteiger partial charge on any atom is 0.319 e. The number of aromatic nitrogens is 4. The summed E-state index contributed by atoms with van der Waals surface area (Å²) in [6.45, 7) is 8.51. The van der Waals surface area contributed by atoms with Gasteiger partial charge in [-0.15, -0.1) is 0 Å². The lowest BCUT2D eigenvalue weighted by Crippen LogP contribution is -2.25. The fourth-order valence-corrected chi connectivity index (χ4v) is 4.74. The van der Waals surface area contributed by atoms with Gasteiger partial charge in [0.05, 0.1) is 12.3 Å². The van der Waals surface area contributed by atoms with Crippen molar-refractivity contribution in [1.82, 2.24) is 30.4 Å². The van der Waals surface area contributed by atoms with Gasteiger partial charge in [-0.25, -0.2) is 0 Å². The van der Waals surface area contributed by atoms with Crippen LogP contribution in [-0.4, -0.2) is 57.9 Å². The summed E-state index contributed by atoms with van der Waals surface area (Å²) in [6.07, 6.45) is 2.70. The number of H-pyrrole nitrogens is 1. The van der Waals surface area contributed by atoms with Crippen molar-refractivity contribution in [3.05, 3.63) is 41.1 Å². The summed E-state index contributed by atoms with van der Waals surface area (Å²) in [4.78, 5) is 11.4. The Kier molecular flexibility index (Phi) is 5.74. The first-order valence-electron chi connectivity index (χ1n) is 11.3. The van der Waals surface area contributed by atoms with Crippen LogP contribution in [0.15, 0.2) is 24.3 Å². The highest BCUT2D eigenvalue weighted by molar-refractivity contribution is 5.86. The molecule has 8 nitrogen and oxygen atoms in total. The first-order valence-corrected chi connectivity index (χ1v) is 11.3. The second-order valence-corrected chi connectivity index (χ2v) is 8.85. The van der Waals surface area contributed by atoms with E-state index in [0.29, 0.717) is 30.4 Å². The van der Waals surface area contributed by atoms with Gasteiger partial charge in [0, 0.05) is 26.1 Å². The first-order chi connectivity index (χ1) is 15.2. The van der Waals surface area contributed by atoms with Crippen LogP contribution in [0.2, 0.25) is 0 Å². The van der Waals surface area contributed by atoms with Crippen molar-refractivity contribution in [2.75, 3.05) is 38.5 Å². The number of hydrogen-bond donors (Lipinski definition) is 3. The number of ether oxygens (including phenoxy) is 1.